The first-order chi connectivity index (χ1) is 17.7. The van der Waals surface area contributed by atoms with Crippen LogP contribution in [-0.2, 0) is 17.9 Å². The number of rotatable bonds is 8. The van der Waals surface area contributed by atoms with Crippen molar-refractivity contribution in [3.05, 3.63) is 65.6 Å². The lowest BCUT2D eigenvalue weighted by Gasteiger charge is -2.34. The van der Waals surface area contributed by atoms with E-state index < -0.39 is 0 Å². The van der Waals surface area contributed by atoms with E-state index in [1.54, 1.807) is 20.4 Å². The molecule has 0 bridgehead atoms. The molecule has 1 unspecified atom stereocenters. The highest BCUT2D eigenvalue weighted by Crippen LogP contribution is 2.32. The van der Waals surface area contributed by atoms with E-state index in [1.165, 1.54) is 30.4 Å². The predicted octanol–water partition coefficient (Wildman–Crippen LogP) is 5.06. The summed E-state index contributed by atoms with van der Waals surface area (Å²) in [7, 11) is 3.48. The molecule has 0 saturated carbocycles. The standard InChI is InChI=1S/C29H37N5O2/c1-35-21-22-10-11-27(36-2)25(16-22)20-33-13-7-9-24(19-33)26-17-28(34-14-4-3-5-15-34)32-29(31-26)23-8-6-12-30-18-23/h6,8,10-12,16-18,24H,3-5,7,9,13-15,19-21H2,1-2H3. The van der Waals surface area contributed by atoms with E-state index in [4.69, 9.17) is 19.4 Å². The first-order valence-corrected chi connectivity index (χ1v) is 13.1. The lowest BCUT2D eigenvalue weighted by molar-refractivity contribution is 0.183. The summed E-state index contributed by atoms with van der Waals surface area (Å²) in [4.78, 5) is 19.4. The van der Waals surface area contributed by atoms with Gasteiger partial charge in [-0.2, -0.15) is 0 Å². The van der Waals surface area contributed by atoms with Crippen molar-refractivity contribution in [2.24, 2.45) is 0 Å². The second-order valence-electron chi connectivity index (χ2n) is 9.92. The summed E-state index contributed by atoms with van der Waals surface area (Å²) in [5.74, 6) is 3.15. The molecule has 0 spiro atoms. The number of methoxy groups -OCH3 is 2. The third-order valence-electron chi connectivity index (χ3n) is 7.31. The zero-order chi connectivity index (χ0) is 24.7. The number of aromatic nitrogens is 3. The number of likely N-dealkylation sites (tertiary alicyclic amines) is 1. The molecule has 2 saturated heterocycles. The van der Waals surface area contributed by atoms with Crippen molar-refractivity contribution in [1.82, 2.24) is 19.9 Å². The summed E-state index contributed by atoms with van der Waals surface area (Å²) in [6, 6.07) is 12.6. The maximum Gasteiger partial charge on any atom is 0.163 e. The van der Waals surface area contributed by atoms with Gasteiger partial charge in [-0.25, -0.2) is 9.97 Å². The van der Waals surface area contributed by atoms with Crippen LogP contribution >= 0.6 is 0 Å². The number of pyridine rings is 1. The fourth-order valence-electron chi connectivity index (χ4n) is 5.46. The van der Waals surface area contributed by atoms with Crippen LogP contribution in [0.1, 0.15) is 54.8 Å². The largest absolute Gasteiger partial charge is 0.496 e. The molecule has 2 aliphatic rings. The van der Waals surface area contributed by atoms with E-state index in [-0.39, 0.29) is 0 Å². The molecular weight excluding hydrogens is 450 g/mol. The van der Waals surface area contributed by atoms with Gasteiger partial charge < -0.3 is 14.4 Å². The summed E-state index contributed by atoms with van der Waals surface area (Å²) in [5, 5.41) is 0. The van der Waals surface area contributed by atoms with Gasteiger partial charge >= 0.3 is 0 Å². The van der Waals surface area contributed by atoms with E-state index in [9.17, 15) is 0 Å². The van der Waals surface area contributed by atoms with E-state index >= 15 is 0 Å². The Kier molecular flexibility index (Phi) is 8.08. The third-order valence-corrected chi connectivity index (χ3v) is 7.31. The van der Waals surface area contributed by atoms with E-state index in [0.717, 1.165) is 74.2 Å². The second-order valence-corrected chi connectivity index (χ2v) is 9.92. The summed E-state index contributed by atoms with van der Waals surface area (Å²) in [5.41, 5.74) is 4.50. The molecule has 0 aliphatic carbocycles. The van der Waals surface area contributed by atoms with Crippen LogP contribution < -0.4 is 9.64 Å². The van der Waals surface area contributed by atoms with Gasteiger partial charge in [0, 0.05) is 68.8 Å². The van der Waals surface area contributed by atoms with Gasteiger partial charge in [0.1, 0.15) is 11.6 Å². The SMILES string of the molecule is COCc1ccc(OC)c(CN2CCCC(c3cc(N4CCCCC4)nc(-c4cccnc4)n3)C2)c1. The number of anilines is 1. The molecule has 1 atom stereocenters. The van der Waals surface area contributed by atoms with Crippen molar-refractivity contribution >= 4 is 5.82 Å². The second kappa shape index (κ2) is 11.8. The van der Waals surface area contributed by atoms with Gasteiger partial charge in [-0.15, -0.1) is 0 Å². The fourth-order valence-corrected chi connectivity index (χ4v) is 5.46. The van der Waals surface area contributed by atoms with Crippen molar-refractivity contribution in [1.29, 1.82) is 0 Å². The van der Waals surface area contributed by atoms with Gasteiger partial charge in [0.2, 0.25) is 0 Å². The van der Waals surface area contributed by atoms with Crippen LogP contribution in [0.15, 0.2) is 48.8 Å². The molecule has 0 radical (unpaired) electrons. The molecule has 7 heteroatoms. The van der Waals surface area contributed by atoms with Gasteiger partial charge in [-0.05, 0) is 68.5 Å². The molecule has 0 N–H and O–H groups in total. The lowest BCUT2D eigenvalue weighted by atomic mass is 9.93. The molecule has 4 heterocycles. The molecule has 1 aromatic carbocycles. The van der Waals surface area contributed by atoms with E-state index in [1.807, 2.05) is 12.3 Å². The highest BCUT2D eigenvalue weighted by molar-refractivity contribution is 5.57. The molecule has 3 aromatic rings. The summed E-state index contributed by atoms with van der Waals surface area (Å²) in [6.07, 6.45) is 9.71. The maximum absolute atomic E-state index is 5.68. The Bertz CT molecular complexity index is 1130. The topological polar surface area (TPSA) is 63.6 Å². The predicted molar refractivity (Wildman–Crippen MR) is 142 cm³/mol. The van der Waals surface area contributed by atoms with Crippen molar-refractivity contribution in [2.45, 2.75) is 51.2 Å². The maximum atomic E-state index is 5.68. The average Bonchev–Trinajstić information content (AvgIpc) is 2.94. The van der Waals surface area contributed by atoms with Crippen LogP contribution in [0, 0.1) is 0 Å². The van der Waals surface area contributed by atoms with Crippen LogP contribution in [-0.4, -0.2) is 60.3 Å². The fraction of sp³-hybridized carbons (Fsp3) is 0.483. The smallest absolute Gasteiger partial charge is 0.163 e. The molecule has 5 rings (SSSR count). The van der Waals surface area contributed by atoms with Gasteiger partial charge in [0.25, 0.3) is 0 Å². The van der Waals surface area contributed by atoms with Gasteiger partial charge in [0.15, 0.2) is 5.82 Å². The first-order valence-electron chi connectivity index (χ1n) is 13.1. The van der Waals surface area contributed by atoms with Crippen molar-refractivity contribution < 1.29 is 9.47 Å². The highest BCUT2D eigenvalue weighted by atomic mass is 16.5. The Morgan fingerprint density at radius 2 is 1.86 bits per heavy atom. The highest BCUT2D eigenvalue weighted by Gasteiger charge is 2.26. The van der Waals surface area contributed by atoms with Crippen LogP contribution in [0.25, 0.3) is 11.4 Å². The quantitative estimate of drug-likeness (QED) is 0.440. The Balaban J connectivity index is 1.40. The van der Waals surface area contributed by atoms with E-state index in [2.05, 4.69) is 45.1 Å². The van der Waals surface area contributed by atoms with E-state index in [0.29, 0.717) is 12.5 Å². The monoisotopic (exact) mass is 487 g/mol. The minimum absolute atomic E-state index is 0.369. The van der Waals surface area contributed by atoms with Crippen LogP contribution in [0.5, 0.6) is 5.75 Å². The molecule has 7 nitrogen and oxygen atoms in total. The molecule has 0 amide bonds. The minimum Gasteiger partial charge on any atom is -0.496 e. The third kappa shape index (κ3) is 5.85. The molecular formula is C29H37N5O2. The van der Waals surface area contributed by atoms with Crippen molar-refractivity contribution in [3.8, 4) is 17.1 Å². The number of nitrogens with zero attached hydrogens (tertiary/aromatic N) is 5. The minimum atomic E-state index is 0.369. The van der Waals surface area contributed by atoms with Crippen LogP contribution in [0.2, 0.25) is 0 Å². The first kappa shape index (κ1) is 24.7. The zero-order valence-electron chi connectivity index (χ0n) is 21.5. The summed E-state index contributed by atoms with van der Waals surface area (Å²) < 4.78 is 11.0. The van der Waals surface area contributed by atoms with Crippen molar-refractivity contribution in [3.63, 3.8) is 0 Å². The van der Waals surface area contributed by atoms with Crippen molar-refractivity contribution in [2.75, 3.05) is 45.3 Å². The normalized spacial score (nSPS) is 18.8. The van der Waals surface area contributed by atoms with Gasteiger partial charge in [-0.3, -0.25) is 9.88 Å². The molecule has 2 aromatic heterocycles. The average molecular weight is 488 g/mol. The number of hydrogen-bond donors (Lipinski definition) is 0. The summed E-state index contributed by atoms with van der Waals surface area (Å²) in [6.45, 7) is 5.65. The molecule has 2 fully saturated rings. The molecule has 2 aliphatic heterocycles. The Hall–Kier alpha value is -3.03. The van der Waals surface area contributed by atoms with Crippen LogP contribution in [0.4, 0.5) is 5.82 Å². The van der Waals surface area contributed by atoms with Crippen LogP contribution in [0.3, 0.4) is 0 Å². The summed E-state index contributed by atoms with van der Waals surface area (Å²) >= 11 is 0. The number of benzene rings is 1. The van der Waals surface area contributed by atoms with Gasteiger partial charge in [-0.1, -0.05) is 6.07 Å². The number of hydrogen-bond acceptors (Lipinski definition) is 7. The molecule has 36 heavy (non-hydrogen) atoms. The van der Waals surface area contributed by atoms with Gasteiger partial charge in [0.05, 0.1) is 19.4 Å². The number of ether oxygens (including phenoxy) is 2. The number of piperidine rings is 2. The zero-order valence-corrected chi connectivity index (χ0v) is 21.5. The Labute approximate surface area is 214 Å². The Morgan fingerprint density at radius 1 is 0.972 bits per heavy atom. The Morgan fingerprint density at radius 3 is 2.64 bits per heavy atom. The molecule has 190 valence electrons. The lowest BCUT2D eigenvalue weighted by Crippen LogP contribution is -2.35.